The predicted octanol–water partition coefficient (Wildman–Crippen LogP) is 4.23. The quantitative estimate of drug-likeness (QED) is 0.895. The molecule has 0 fully saturated rings. The van der Waals surface area contributed by atoms with Gasteiger partial charge in [0.1, 0.15) is 18.2 Å². The highest BCUT2D eigenvalue weighted by atomic mass is 19.1. The van der Waals surface area contributed by atoms with Gasteiger partial charge in [0.05, 0.1) is 5.56 Å². The van der Waals surface area contributed by atoms with Crippen molar-refractivity contribution in [2.75, 3.05) is 0 Å². The van der Waals surface area contributed by atoms with Crippen molar-refractivity contribution in [1.82, 2.24) is 0 Å². The molecule has 0 heterocycles. The zero-order valence-electron chi connectivity index (χ0n) is 12.0. The number of rotatable bonds is 5. The molecule has 0 aliphatic carbocycles. The Morgan fingerprint density at radius 3 is 2.62 bits per heavy atom. The standard InChI is InChI=1S/C17H17FO3/c1-11(2)14-5-3-4-6-16(14)21-10-13-9-12(17(19)20)7-8-15(13)18/h3-9,11H,10H2,1-2H3,(H,19,20). The average Bonchev–Trinajstić information content (AvgIpc) is 2.46. The molecule has 0 unspecified atom stereocenters. The van der Waals surface area contributed by atoms with Gasteiger partial charge in [-0.15, -0.1) is 0 Å². The Kier molecular flexibility index (Phi) is 4.58. The lowest BCUT2D eigenvalue weighted by atomic mass is 10.0. The van der Waals surface area contributed by atoms with Crippen LogP contribution in [0, 0.1) is 5.82 Å². The van der Waals surface area contributed by atoms with Gasteiger partial charge in [-0.1, -0.05) is 32.0 Å². The summed E-state index contributed by atoms with van der Waals surface area (Å²) in [5.41, 5.74) is 1.31. The van der Waals surface area contributed by atoms with Gasteiger partial charge in [0.25, 0.3) is 0 Å². The fourth-order valence-corrected chi connectivity index (χ4v) is 2.06. The molecule has 2 aromatic carbocycles. The summed E-state index contributed by atoms with van der Waals surface area (Å²) in [6.07, 6.45) is 0. The molecule has 1 N–H and O–H groups in total. The van der Waals surface area contributed by atoms with Crippen molar-refractivity contribution in [3.63, 3.8) is 0 Å². The molecule has 21 heavy (non-hydrogen) atoms. The fraction of sp³-hybridized carbons (Fsp3) is 0.235. The first kappa shape index (κ1) is 15.0. The van der Waals surface area contributed by atoms with E-state index in [1.807, 2.05) is 38.1 Å². The number of hydrogen-bond acceptors (Lipinski definition) is 2. The van der Waals surface area contributed by atoms with Crippen LogP contribution < -0.4 is 4.74 Å². The highest BCUT2D eigenvalue weighted by Gasteiger charge is 2.11. The van der Waals surface area contributed by atoms with Crippen LogP contribution in [0.25, 0.3) is 0 Å². The second-order valence-electron chi connectivity index (χ2n) is 5.09. The van der Waals surface area contributed by atoms with Crippen molar-refractivity contribution in [3.05, 3.63) is 65.0 Å². The van der Waals surface area contributed by atoms with Gasteiger partial charge in [-0.05, 0) is 35.7 Å². The lowest BCUT2D eigenvalue weighted by Crippen LogP contribution is -2.04. The highest BCUT2D eigenvalue weighted by molar-refractivity contribution is 5.87. The number of carbonyl (C=O) groups is 1. The smallest absolute Gasteiger partial charge is 0.335 e. The molecule has 0 bridgehead atoms. The van der Waals surface area contributed by atoms with E-state index in [1.54, 1.807) is 0 Å². The van der Waals surface area contributed by atoms with Crippen LogP contribution in [0.15, 0.2) is 42.5 Å². The normalized spacial score (nSPS) is 10.7. The first-order valence-electron chi connectivity index (χ1n) is 6.72. The van der Waals surface area contributed by atoms with Gasteiger partial charge in [0.2, 0.25) is 0 Å². The summed E-state index contributed by atoms with van der Waals surface area (Å²) in [4.78, 5) is 10.9. The molecule has 0 saturated heterocycles. The Bertz CT molecular complexity index is 650. The van der Waals surface area contributed by atoms with Crippen molar-refractivity contribution in [2.24, 2.45) is 0 Å². The van der Waals surface area contributed by atoms with Crippen LogP contribution in [-0.2, 0) is 6.61 Å². The molecule has 0 amide bonds. The third kappa shape index (κ3) is 3.60. The summed E-state index contributed by atoms with van der Waals surface area (Å²) in [5, 5.41) is 8.94. The zero-order chi connectivity index (χ0) is 15.4. The van der Waals surface area contributed by atoms with Gasteiger partial charge in [0, 0.05) is 5.56 Å². The largest absolute Gasteiger partial charge is 0.489 e. The summed E-state index contributed by atoms with van der Waals surface area (Å²) in [6, 6.07) is 11.3. The molecule has 2 aromatic rings. The first-order chi connectivity index (χ1) is 9.99. The zero-order valence-corrected chi connectivity index (χ0v) is 12.0. The van der Waals surface area contributed by atoms with E-state index in [2.05, 4.69) is 0 Å². The number of benzene rings is 2. The van der Waals surface area contributed by atoms with E-state index in [1.165, 1.54) is 12.1 Å². The van der Waals surface area contributed by atoms with Crippen LogP contribution in [-0.4, -0.2) is 11.1 Å². The number of aromatic carboxylic acids is 1. The Balaban J connectivity index is 2.20. The first-order valence-corrected chi connectivity index (χ1v) is 6.72. The molecule has 0 atom stereocenters. The van der Waals surface area contributed by atoms with Crippen LogP contribution in [0.2, 0.25) is 0 Å². The van der Waals surface area contributed by atoms with E-state index >= 15 is 0 Å². The molecule has 2 rings (SSSR count). The van der Waals surface area contributed by atoms with Crippen molar-refractivity contribution in [3.8, 4) is 5.75 Å². The minimum atomic E-state index is -1.08. The number of para-hydroxylation sites is 1. The van der Waals surface area contributed by atoms with E-state index in [0.29, 0.717) is 5.75 Å². The number of hydrogen-bond donors (Lipinski definition) is 1. The summed E-state index contributed by atoms with van der Waals surface area (Å²) in [6.45, 7) is 4.10. The molecule has 0 saturated carbocycles. The van der Waals surface area contributed by atoms with Gasteiger partial charge in [-0.3, -0.25) is 0 Å². The Morgan fingerprint density at radius 2 is 1.95 bits per heavy atom. The maximum absolute atomic E-state index is 13.7. The Morgan fingerprint density at radius 1 is 1.24 bits per heavy atom. The van der Waals surface area contributed by atoms with Crippen molar-refractivity contribution >= 4 is 5.97 Å². The number of ether oxygens (including phenoxy) is 1. The molecule has 3 nitrogen and oxygen atoms in total. The summed E-state index contributed by atoms with van der Waals surface area (Å²) in [7, 11) is 0. The van der Waals surface area contributed by atoms with Crippen LogP contribution in [0.5, 0.6) is 5.75 Å². The van der Waals surface area contributed by atoms with E-state index in [9.17, 15) is 9.18 Å². The fourth-order valence-electron chi connectivity index (χ4n) is 2.06. The monoisotopic (exact) mass is 288 g/mol. The molecular formula is C17H17FO3. The highest BCUT2D eigenvalue weighted by Crippen LogP contribution is 2.27. The molecule has 0 aliphatic heterocycles. The maximum atomic E-state index is 13.7. The maximum Gasteiger partial charge on any atom is 0.335 e. The predicted molar refractivity (Wildman–Crippen MR) is 78.2 cm³/mol. The van der Waals surface area contributed by atoms with Gasteiger partial charge in [0.15, 0.2) is 0 Å². The van der Waals surface area contributed by atoms with Crippen LogP contribution in [0.3, 0.4) is 0 Å². The molecule has 0 radical (unpaired) electrons. The Hall–Kier alpha value is -2.36. The molecule has 110 valence electrons. The SMILES string of the molecule is CC(C)c1ccccc1OCc1cc(C(=O)O)ccc1F. The second kappa shape index (κ2) is 6.39. The van der Waals surface area contributed by atoms with Crippen molar-refractivity contribution < 1.29 is 19.0 Å². The topological polar surface area (TPSA) is 46.5 Å². The van der Waals surface area contributed by atoms with Crippen molar-refractivity contribution in [2.45, 2.75) is 26.4 Å². The minimum Gasteiger partial charge on any atom is -0.489 e. The lowest BCUT2D eigenvalue weighted by Gasteiger charge is -2.14. The molecule has 0 aliphatic rings. The van der Waals surface area contributed by atoms with E-state index in [-0.39, 0.29) is 23.7 Å². The van der Waals surface area contributed by atoms with Gasteiger partial charge in [-0.2, -0.15) is 0 Å². The molecule has 4 heteroatoms. The van der Waals surface area contributed by atoms with Crippen LogP contribution in [0.1, 0.15) is 41.3 Å². The second-order valence-corrected chi connectivity index (χ2v) is 5.09. The third-order valence-electron chi connectivity index (χ3n) is 3.22. The number of carboxylic acid groups (broad SMARTS) is 1. The molecular weight excluding hydrogens is 271 g/mol. The number of carboxylic acids is 1. The van der Waals surface area contributed by atoms with Gasteiger partial charge < -0.3 is 9.84 Å². The van der Waals surface area contributed by atoms with Gasteiger partial charge in [-0.25, -0.2) is 9.18 Å². The molecule has 0 spiro atoms. The molecule has 0 aromatic heterocycles. The van der Waals surface area contributed by atoms with Gasteiger partial charge >= 0.3 is 5.97 Å². The average molecular weight is 288 g/mol. The Labute approximate surface area is 123 Å². The summed E-state index contributed by atoms with van der Waals surface area (Å²) in [5.74, 6) is -0.579. The van der Waals surface area contributed by atoms with E-state index < -0.39 is 11.8 Å². The van der Waals surface area contributed by atoms with Crippen LogP contribution >= 0.6 is 0 Å². The summed E-state index contributed by atoms with van der Waals surface area (Å²) >= 11 is 0. The lowest BCUT2D eigenvalue weighted by molar-refractivity contribution is 0.0696. The number of halogens is 1. The van der Waals surface area contributed by atoms with Crippen LogP contribution in [0.4, 0.5) is 4.39 Å². The van der Waals surface area contributed by atoms with E-state index in [4.69, 9.17) is 9.84 Å². The third-order valence-corrected chi connectivity index (χ3v) is 3.22. The van der Waals surface area contributed by atoms with Crippen molar-refractivity contribution in [1.29, 1.82) is 0 Å². The summed E-state index contributed by atoms with van der Waals surface area (Å²) < 4.78 is 19.4. The van der Waals surface area contributed by atoms with E-state index in [0.717, 1.165) is 11.6 Å². The minimum absolute atomic E-state index is 0.00329.